The first-order valence-electron chi connectivity index (χ1n) is 9.24. The molecule has 0 unspecified atom stereocenters. The predicted octanol–water partition coefficient (Wildman–Crippen LogP) is 3.46. The number of amides is 2. The fourth-order valence-corrected chi connectivity index (χ4v) is 3.27. The van der Waals surface area contributed by atoms with Gasteiger partial charge < -0.3 is 14.6 Å². The van der Waals surface area contributed by atoms with E-state index < -0.39 is 8.07 Å². The van der Waals surface area contributed by atoms with Crippen molar-refractivity contribution in [2.45, 2.75) is 39.0 Å². The van der Waals surface area contributed by atoms with Crippen LogP contribution in [-0.4, -0.2) is 40.2 Å². The predicted molar refractivity (Wildman–Crippen MR) is 112 cm³/mol. The Morgan fingerprint density at radius 3 is 2.86 bits per heavy atom. The minimum Gasteiger partial charge on any atom is -0.361 e. The third-order valence-electron chi connectivity index (χ3n) is 4.11. The van der Waals surface area contributed by atoms with Crippen LogP contribution in [0.3, 0.4) is 0 Å². The maximum Gasteiger partial charge on any atom is 0.320 e. The molecule has 28 heavy (non-hydrogen) atoms. The van der Waals surface area contributed by atoms with E-state index >= 15 is 0 Å². The summed E-state index contributed by atoms with van der Waals surface area (Å²) in [5.41, 5.74) is 2.36. The van der Waals surface area contributed by atoms with E-state index in [9.17, 15) is 4.79 Å². The van der Waals surface area contributed by atoms with E-state index in [-0.39, 0.29) is 6.03 Å². The Morgan fingerprint density at radius 1 is 1.25 bits per heavy atom. The van der Waals surface area contributed by atoms with Crippen LogP contribution in [0.5, 0.6) is 0 Å². The number of carbonyl (C=O) groups excluding carboxylic acids is 1. The summed E-state index contributed by atoms with van der Waals surface area (Å²) < 4.78 is 7.69. The van der Waals surface area contributed by atoms with Gasteiger partial charge in [0.05, 0.1) is 6.20 Å². The fraction of sp³-hybridized carbons (Fsp3) is 0.368. The number of ether oxygens (including phenoxy) is 1. The molecule has 0 aliphatic heterocycles. The molecule has 0 spiro atoms. The zero-order valence-corrected chi connectivity index (χ0v) is 17.5. The molecule has 0 fully saturated rings. The molecule has 3 aromatic rings. The monoisotopic (exact) mass is 398 g/mol. The Bertz CT molecular complexity index is 923. The van der Waals surface area contributed by atoms with Gasteiger partial charge in [0.15, 0.2) is 11.5 Å². The lowest BCUT2D eigenvalue weighted by atomic mass is 10.3. The van der Waals surface area contributed by atoms with Crippen molar-refractivity contribution in [1.29, 1.82) is 0 Å². The summed E-state index contributed by atoms with van der Waals surface area (Å²) >= 11 is 0. The standard InChI is InChI=1S/C19H26N6O2Si/c1-28(2,3)10-9-27-14-25-8-6-16-18(25)21-13-17(23-16)24-19(26)22-12-15-5-4-7-20-11-15/h4-8,11,13H,9-10,12,14H2,1-3H3,(H2,22,23,24,26). The molecule has 8 nitrogen and oxygen atoms in total. The van der Waals surface area contributed by atoms with Crippen LogP contribution >= 0.6 is 0 Å². The van der Waals surface area contributed by atoms with Crippen LogP contribution in [0.1, 0.15) is 5.56 Å². The smallest absolute Gasteiger partial charge is 0.320 e. The number of urea groups is 1. The molecule has 0 aromatic carbocycles. The van der Waals surface area contributed by atoms with Crippen LogP contribution in [0.4, 0.5) is 10.6 Å². The summed E-state index contributed by atoms with van der Waals surface area (Å²) in [7, 11) is -1.10. The van der Waals surface area contributed by atoms with Gasteiger partial charge in [0.25, 0.3) is 0 Å². The largest absolute Gasteiger partial charge is 0.361 e. The second kappa shape index (κ2) is 8.94. The van der Waals surface area contributed by atoms with Crippen LogP contribution in [0.2, 0.25) is 25.7 Å². The molecule has 148 valence electrons. The van der Waals surface area contributed by atoms with Gasteiger partial charge in [0.1, 0.15) is 12.2 Å². The van der Waals surface area contributed by atoms with Crippen LogP contribution in [-0.2, 0) is 18.0 Å². The second-order valence-corrected chi connectivity index (χ2v) is 13.4. The lowest BCUT2D eigenvalue weighted by molar-refractivity contribution is 0.0899. The zero-order valence-electron chi connectivity index (χ0n) is 16.5. The molecule has 0 radical (unpaired) electrons. The van der Waals surface area contributed by atoms with E-state index in [1.54, 1.807) is 18.6 Å². The maximum absolute atomic E-state index is 12.1. The lowest BCUT2D eigenvalue weighted by Gasteiger charge is -2.15. The van der Waals surface area contributed by atoms with Crippen molar-refractivity contribution < 1.29 is 9.53 Å². The first-order chi connectivity index (χ1) is 13.4. The highest BCUT2D eigenvalue weighted by atomic mass is 28.3. The van der Waals surface area contributed by atoms with E-state index in [1.807, 2.05) is 29.0 Å². The molecule has 3 aromatic heterocycles. The van der Waals surface area contributed by atoms with Crippen molar-refractivity contribution in [1.82, 2.24) is 24.8 Å². The van der Waals surface area contributed by atoms with E-state index in [0.717, 1.165) is 23.9 Å². The van der Waals surface area contributed by atoms with Gasteiger partial charge in [-0.25, -0.2) is 14.8 Å². The third kappa shape index (κ3) is 5.86. The Balaban J connectivity index is 1.53. The average molecular weight is 399 g/mol. The molecule has 0 bridgehead atoms. The number of pyridine rings is 1. The molecule has 0 aliphatic rings. The zero-order chi connectivity index (χ0) is 20.0. The Hall–Kier alpha value is -2.78. The Labute approximate surface area is 165 Å². The van der Waals surface area contributed by atoms with Gasteiger partial charge in [-0.3, -0.25) is 10.3 Å². The van der Waals surface area contributed by atoms with Gasteiger partial charge in [0.2, 0.25) is 0 Å². The van der Waals surface area contributed by atoms with Gasteiger partial charge >= 0.3 is 6.03 Å². The van der Waals surface area contributed by atoms with Crippen LogP contribution in [0.15, 0.2) is 43.0 Å². The number of hydrogen-bond acceptors (Lipinski definition) is 5. The molecule has 0 aliphatic carbocycles. The van der Waals surface area contributed by atoms with Gasteiger partial charge in [0, 0.05) is 39.8 Å². The number of aromatic nitrogens is 4. The van der Waals surface area contributed by atoms with Crippen LogP contribution in [0, 0.1) is 0 Å². The third-order valence-corrected chi connectivity index (χ3v) is 5.81. The van der Waals surface area contributed by atoms with Crippen LogP contribution in [0.25, 0.3) is 11.2 Å². The van der Waals surface area contributed by atoms with Gasteiger partial charge in [-0.05, 0) is 23.7 Å². The molecule has 3 rings (SSSR count). The highest BCUT2D eigenvalue weighted by molar-refractivity contribution is 6.76. The van der Waals surface area contributed by atoms with Crippen molar-refractivity contribution in [2.75, 3.05) is 11.9 Å². The number of nitrogens with zero attached hydrogens (tertiary/aromatic N) is 4. The van der Waals surface area contributed by atoms with E-state index in [2.05, 4.69) is 45.2 Å². The highest BCUT2D eigenvalue weighted by Crippen LogP contribution is 2.14. The topological polar surface area (TPSA) is 94.0 Å². The lowest BCUT2D eigenvalue weighted by Crippen LogP contribution is -2.28. The van der Waals surface area contributed by atoms with Gasteiger partial charge in [-0.15, -0.1) is 0 Å². The summed E-state index contributed by atoms with van der Waals surface area (Å²) in [5, 5.41) is 5.47. The average Bonchev–Trinajstić information content (AvgIpc) is 3.06. The molecule has 3 heterocycles. The quantitative estimate of drug-likeness (QED) is 0.448. The summed E-state index contributed by atoms with van der Waals surface area (Å²) in [5.74, 6) is 0.397. The summed E-state index contributed by atoms with van der Waals surface area (Å²) in [4.78, 5) is 24.9. The SMILES string of the molecule is C[Si](C)(C)CCOCn1ccc2nc(NC(=O)NCc3cccnc3)cnc21. The minimum absolute atomic E-state index is 0.341. The van der Waals surface area contributed by atoms with Crippen molar-refractivity contribution >= 4 is 31.1 Å². The molecule has 0 saturated heterocycles. The molecule has 0 atom stereocenters. The normalized spacial score (nSPS) is 11.5. The van der Waals surface area contributed by atoms with Crippen molar-refractivity contribution in [3.8, 4) is 0 Å². The van der Waals surface area contributed by atoms with Crippen LogP contribution < -0.4 is 10.6 Å². The van der Waals surface area contributed by atoms with Gasteiger partial charge in [-0.2, -0.15) is 0 Å². The fourth-order valence-electron chi connectivity index (χ4n) is 2.51. The molecular weight excluding hydrogens is 372 g/mol. The number of rotatable bonds is 8. The maximum atomic E-state index is 12.1. The van der Waals surface area contributed by atoms with Gasteiger partial charge in [-0.1, -0.05) is 25.7 Å². The number of hydrogen-bond donors (Lipinski definition) is 2. The first-order valence-corrected chi connectivity index (χ1v) is 12.9. The molecule has 0 saturated carbocycles. The number of nitrogens with one attached hydrogen (secondary N) is 2. The highest BCUT2D eigenvalue weighted by Gasteiger charge is 2.12. The Kier molecular flexibility index (Phi) is 6.37. The molecule has 9 heteroatoms. The summed E-state index contributed by atoms with van der Waals surface area (Å²) in [6.07, 6.45) is 6.84. The Morgan fingerprint density at radius 2 is 2.11 bits per heavy atom. The van der Waals surface area contributed by atoms with E-state index in [4.69, 9.17) is 4.74 Å². The minimum atomic E-state index is -1.10. The van der Waals surface area contributed by atoms with E-state index in [0.29, 0.717) is 24.6 Å². The van der Waals surface area contributed by atoms with Crippen molar-refractivity contribution in [2.24, 2.45) is 0 Å². The summed E-state index contributed by atoms with van der Waals surface area (Å²) in [6.45, 7) is 8.57. The first kappa shape index (κ1) is 20.0. The van der Waals surface area contributed by atoms with Crippen molar-refractivity contribution in [3.05, 3.63) is 48.5 Å². The van der Waals surface area contributed by atoms with Crippen molar-refractivity contribution in [3.63, 3.8) is 0 Å². The second-order valence-electron chi connectivity index (χ2n) is 7.77. The number of fused-ring (bicyclic) bond motifs is 1. The molecule has 2 N–H and O–H groups in total. The number of carbonyl (C=O) groups is 1. The summed E-state index contributed by atoms with van der Waals surface area (Å²) in [6, 6.07) is 6.37. The molecular formula is C19H26N6O2Si. The van der Waals surface area contributed by atoms with E-state index in [1.165, 1.54) is 0 Å². The number of anilines is 1. The molecule has 2 amide bonds.